The number of likely N-dealkylation sites (tertiary alicyclic amines) is 1. The number of halogens is 1. The van der Waals surface area contributed by atoms with Crippen molar-refractivity contribution in [3.8, 4) is 0 Å². The van der Waals surface area contributed by atoms with Crippen molar-refractivity contribution in [2.45, 2.75) is 26.2 Å². The molecule has 6 heteroatoms. The maximum absolute atomic E-state index is 12.5. The second-order valence-electron chi connectivity index (χ2n) is 6.72. The smallest absolute Gasteiger partial charge is 0.313 e. The number of aliphatic carboxylic acids is 1. The average Bonchev–Trinajstić information content (AvgIpc) is 2.96. The van der Waals surface area contributed by atoms with E-state index >= 15 is 0 Å². The Morgan fingerprint density at radius 3 is 2.62 bits per heavy atom. The highest BCUT2D eigenvalue weighted by Crippen LogP contribution is 2.32. The second kappa shape index (κ2) is 7.99. The molecule has 2 atom stereocenters. The monoisotopic (exact) mass is 353 g/mol. The number of methoxy groups -OCH3 is 1. The van der Waals surface area contributed by atoms with E-state index in [1.807, 2.05) is 31.2 Å². The van der Waals surface area contributed by atoms with E-state index in [0.717, 1.165) is 12.0 Å². The first-order valence-corrected chi connectivity index (χ1v) is 8.48. The maximum Gasteiger partial charge on any atom is 0.313 e. The summed E-state index contributed by atoms with van der Waals surface area (Å²) in [6.07, 6.45) is 1.64. The Balaban J connectivity index is 1.90. The summed E-state index contributed by atoms with van der Waals surface area (Å²) in [6, 6.07) is 7.62. The molecule has 0 spiro atoms. The van der Waals surface area contributed by atoms with E-state index < -0.39 is 11.4 Å². The molecule has 0 bridgehead atoms. The number of hydrogen-bond donors (Lipinski definition) is 1. The highest BCUT2D eigenvalue weighted by atomic mass is 35.5. The summed E-state index contributed by atoms with van der Waals surface area (Å²) >= 11 is 5.88. The van der Waals surface area contributed by atoms with E-state index in [4.69, 9.17) is 16.3 Å². The summed E-state index contributed by atoms with van der Waals surface area (Å²) in [5, 5.41) is 10.2. The molecule has 1 N–H and O–H groups in total. The van der Waals surface area contributed by atoms with Crippen LogP contribution in [0.4, 0.5) is 0 Å². The summed E-state index contributed by atoms with van der Waals surface area (Å²) in [6.45, 7) is 2.86. The Hall–Kier alpha value is -1.59. The number of benzene rings is 1. The largest absolute Gasteiger partial charge is 0.481 e. The fraction of sp³-hybridized carbons (Fsp3) is 0.556. The normalized spacial score (nSPS) is 21.7. The van der Waals surface area contributed by atoms with Gasteiger partial charge in [-0.1, -0.05) is 30.7 Å². The van der Waals surface area contributed by atoms with Crippen LogP contribution in [0.25, 0.3) is 0 Å². The lowest BCUT2D eigenvalue weighted by Crippen LogP contribution is -2.40. The van der Waals surface area contributed by atoms with Gasteiger partial charge in [0.25, 0.3) is 0 Å². The van der Waals surface area contributed by atoms with Gasteiger partial charge < -0.3 is 14.7 Å². The average molecular weight is 354 g/mol. The van der Waals surface area contributed by atoms with Gasteiger partial charge in [0.05, 0.1) is 6.61 Å². The summed E-state index contributed by atoms with van der Waals surface area (Å²) in [4.78, 5) is 25.7. The zero-order valence-corrected chi connectivity index (χ0v) is 14.9. The number of carboxylic acids is 1. The van der Waals surface area contributed by atoms with Gasteiger partial charge in [0.1, 0.15) is 5.41 Å². The molecule has 2 unspecified atom stereocenters. The maximum atomic E-state index is 12.5. The first-order valence-electron chi connectivity index (χ1n) is 8.11. The van der Waals surface area contributed by atoms with Gasteiger partial charge in [-0.25, -0.2) is 0 Å². The molecule has 132 valence electrons. The van der Waals surface area contributed by atoms with Crippen LogP contribution in [0.2, 0.25) is 5.02 Å². The third kappa shape index (κ3) is 4.48. The number of carbonyl (C=O) groups is 2. The first-order chi connectivity index (χ1) is 11.4. The topological polar surface area (TPSA) is 66.8 Å². The number of carboxylic acid groups (broad SMARTS) is 1. The van der Waals surface area contributed by atoms with Crippen molar-refractivity contribution in [3.63, 3.8) is 0 Å². The lowest BCUT2D eigenvalue weighted by Gasteiger charge is -2.24. The molecule has 1 fully saturated rings. The lowest BCUT2D eigenvalue weighted by molar-refractivity contribution is -0.151. The SMILES string of the molecule is COCC1(C(=O)O)CCN(C(=O)CC(C)Cc2ccc(Cl)cc2)C1. The Bertz CT molecular complexity index is 589. The van der Waals surface area contributed by atoms with Crippen molar-refractivity contribution >= 4 is 23.5 Å². The number of carbonyl (C=O) groups excluding carboxylic acids is 1. The van der Waals surface area contributed by atoms with Gasteiger partial charge in [-0.05, 0) is 36.5 Å². The molecule has 1 aromatic rings. The van der Waals surface area contributed by atoms with Crippen molar-refractivity contribution in [1.82, 2.24) is 4.90 Å². The van der Waals surface area contributed by atoms with Crippen LogP contribution in [-0.2, 0) is 20.7 Å². The van der Waals surface area contributed by atoms with Crippen LogP contribution in [0.3, 0.4) is 0 Å². The van der Waals surface area contributed by atoms with E-state index in [2.05, 4.69) is 0 Å². The van der Waals surface area contributed by atoms with Crippen molar-refractivity contribution in [1.29, 1.82) is 0 Å². The molecule has 0 aromatic heterocycles. The van der Waals surface area contributed by atoms with Gasteiger partial charge in [-0.3, -0.25) is 9.59 Å². The Kier molecular flexibility index (Phi) is 6.24. The van der Waals surface area contributed by atoms with Gasteiger partial charge >= 0.3 is 5.97 Å². The minimum atomic E-state index is -0.968. The molecule has 24 heavy (non-hydrogen) atoms. The molecule has 1 aliphatic rings. The Morgan fingerprint density at radius 2 is 2.04 bits per heavy atom. The summed E-state index contributed by atoms with van der Waals surface area (Å²) in [5.74, 6) is -0.703. The fourth-order valence-corrected chi connectivity index (χ4v) is 3.36. The highest BCUT2D eigenvalue weighted by molar-refractivity contribution is 6.30. The van der Waals surface area contributed by atoms with Gasteiger partial charge in [-0.2, -0.15) is 0 Å². The molecule has 0 aliphatic carbocycles. The van der Waals surface area contributed by atoms with Gasteiger partial charge in [0.2, 0.25) is 5.91 Å². The van der Waals surface area contributed by atoms with Crippen LogP contribution in [0, 0.1) is 11.3 Å². The zero-order chi connectivity index (χ0) is 17.7. The Morgan fingerprint density at radius 1 is 1.38 bits per heavy atom. The molecule has 1 aromatic carbocycles. The molecule has 5 nitrogen and oxygen atoms in total. The van der Waals surface area contributed by atoms with Crippen LogP contribution in [-0.4, -0.2) is 48.7 Å². The van der Waals surface area contributed by atoms with E-state index in [9.17, 15) is 14.7 Å². The molecule has 1 amide bonds. The minimum Gasteiger partial charge on any atom is -0.481 e. The highest BCUT2D eigenvalue weighted by Gasteiger charge is 2.46. The number of amides is 1. The van der Waals surface area contributed by atoms with Crippen LogP contribution in [0.5, 0.6) is 0 Å². The third-order valence-electron chi connectivity index (χ3n) is 4.60. The van der Waals surface area contributed by atoms with E-state index in [0.29, 0.717) is 24.4 Å². The number of hydrogen-bond acceptors (Lipinski definition) is 3. The van der Waals surface area contributed by atoms with Crippen LogP contribution in [0.15, 0.2) is 24.3 Å². The second-order valence-corrected chi connectivity index (χ2v) is 7.16. The Labute approximate surface area is 147 Å². The lowest BCUT2D eigenvalue weighted by atomic mass is 9.88. The van der Waals surface area contributed by atoms with Crippen molar-refractivity contribution in [3.05, 3.63) is 34.9 Å². The van der Waals surface area contributed by atoms with Crippen LogP contribution in [0.1, 0.15) is 25.3 Å². The van der Waals surface area contributed by atoms with Crippen molar-refractivity contribution in [2.75, 3.05) is 26.8 Å². The van der Waals surface area contributed by atoms with Gasteiger partial charge in [-0.15, -0.1) is 0 Å². The summed E-state index contributed by atoms with van der Waals surface area (Å²) in [7, 11) is 1.49. The van der Waals surface area contributed by atoms with Crippen molar-refractivity contribution < 1.29 is 19.4 Å². The predicted octanol–water partition coefficient (Wildman–Crippen LogP) is 2.86. The van der Waals surface area contributed by atoms with Gasteiger partial charge in [0.15, 0.2) is 0 Å². The first kappa shape index (κ1) is 18.7. The van der Waals surface area contributed by atoms with E-state index in [1.165, 1.54) is 7.11 Å². The predicted molar refractivity (Wildman–Crippen MR) is 92.1 cm³/mol. The summed E-state index contributed by atoms with van der Waals surface area (Å²) < 4.78 is 5.06. The number of rotatable bonds is 7. The van der Waals surface area contributed by atoms with Crippen molar-refractivity contribution in [2.24, 2.45) is 11.3 Å². The molecular weight excluding hydrogens is 330 g/mol. The molecule has 0 radical (unpaired) electrons. The van der Waals surface area contributed by atoms with Crippen LogP contribution >= 0.6 is 11.6 Å². The molecular formula is C18H24ClNO4. The molecule has 0 saturated carbocycles. The standard InChI is InChI=1S/C18H24ClNO4/c1-13(9-14-3-5-15(19)6-4-14)10-16(21)20-8-7-18(11-20,12-24-2)17(22)23/h3-6,13H,7-12H2,1-2H3,(H,22,23). The zero-order valence-electron chi connectivity index (χ0n) is 14.1. The third-order valence-corrected chi connectivity index (χ3v) is 4.85. The van der Waals surface area contributed by atoms with E-state index in [-0.39, 0.29) is 25.0 Å². The minimum absolute atomic E-state index is 0.00990. The molecule has 2 rings (SSSR count). The molecule has 1 saturated heterocycles. The van der Waals surface area contributed by atoms with Crippen LogP contribution < -0.4 is 0 Å². The summed E-state index contributed by atoms with van der Waals surface area (Å²) in [5.41, 5.74) is 0.171. The quantitative estimate of drug-likeness (QED) is 0.818. The molecule has 1 heterocycles. The number of ether oxygens (including phenoxy) is 1. The number of nitrogens with zero attached hydrogens (tertiary/aromatic N) is 1. The molecule has 1 aliphatic heterocycles. The van der Waals surface area contributed by atoms with Gasteiger partial charge in [0, 0.05) is 31.6 Å². The fourth-order valence-electron chi connectivity index (χ4n) is 3.24. The van der Waals surface area contributed by atoms with E-state index in [1.54, 1.807) is 4.90 Å².